The van der Waals surface area contributed by atoms with Crippen molar-refractivity contribution in [3.63, 3.8) is 0 Å². The number of rotatable bonds is 5. The average molecular weight is 431 g/mol. The van der Waals surface area contributed by atoms with E-state index < -0.39 is 10.0 Å². The number of piperazine rings is 1. The summed E-state index contributed by atoms with van der Waals surface area (Å²) in [6, 6.07) is 9.75. The van der Waals surface area contributed by atoms with Gasteiger partial charge in [0, 0.05) is 51.8 Å². The topological polar surface area (TPSA) is 67.7 Å². The second-order valence-electron chi connectivity index (χ2n) is 7.68. The van der Waals surface area contributed by atoms with Crippen LogP contribution in [0.4, 0.5) is 4.39 Å². The van der Waals surface area contributed by atoms with Crippen LogP contribution in [0.5, 0.6) is 5.75 Å². The van der Waals surface area contributed by atoms with Gasteiger partial charge < -0.3 is 9.30 Å². The first kappa shape index (κ1) is 19.5. The molecule has 0 bridgehead atoms. The lowest BCUT2D eigenvalue weighted by atomic mass is 10.2. The van der Waals surface area contributed by atoms with Gasteiger partial charge in [-0.25, -0.2) is 17.8 Å². The summed E-state index contributed by atoms with van der Waals surface area (Å²) in [5, 5.41) is 0. The molecule has 1 aromatic heterocycles. The molecule has 7 nitrogen and oxygen atoms in total. The van der Waals surface area contributed by atoms with E-state index in [1.54, 1.807) is 34.9 Å². The largest absolute Gasteiger partial charge is 0.493 e. The summed E-state index contributed by atoms with van der Waals surface area (Å²) in [7, 11) is -3.50. The zero-order valence-electron chi connectivity index (χ0n) is 16.5. The minimum atomic E-state index is -3.50. The maximum Gasteiger partial charge on any atom is 0.243 e. The van der Waals surface area contributed by atoms with Gasteiger partial charge in [-0.1, -0.05) is 0 Å². The Balaban J connectivity index is 1.20. The predicted molar refractivity (Wildman–Crippen MR) is 111 cm³/mol. The average Bonchev–Trinajstić information content (AvgIpc) is 3.38. The number of hydrogen-bond donors (Lipinski definition) is 0. The van der Waals surface area contributed by atoms with Crippen molar-refractivity contribution in [2.24, 2.45) is 0 Å². The third-order valence-electron chi connectivity index (χ3n) is 5.87. The van der Waals surface area contributed by atoms with Gasteiger partial charge in [-0.05, 0) is 35.9 Å². The van der Waals surface area contributed by atoms with Gasteiger partial charge in [-0.3, -0.25) is 4.90 Å². The third kappa shape index (κ3) is 3.57. The van der Waals surface area contributed by atoms with E-state index in [0.29, 0.717) is 43.2 Å². The lowest BCUT2D eigenvalue weighted by molar-refractivity contribution is 0.183. The fraction of sp³-hybridized carbons (Fsp3) is 0.381. The van der Waals surface area contributed by atoms with Gasteiger partial charge in [0.25, 0.3) is 0 Å². The first-order valence-electron chi connectivity index (χ1n) is 10.1. The third-order valence-corrected chi connectivity index (χ3v) is 7.76. The van der Waals surface area contributed by atoms with Gasteiger partial charge in [0.15, 0.2) is 0 Å². The van der Waals surface area contributed by atoms with E-state index in [2.05, 4.69) is 9.88 Å². The van der Waals surface area contributed by atoms with Gasteiger partial charge in [0.1, 0.15) is 11.6 Å². The minimum absolute atomic E-state index is 0.291. The number of imidazole rings is 1. The summed E-state index contributed by atoms with van der Waals surface area (Å²) in [6.45, 7) is 4.39. The van der Waals surface area contributed by atoms with Crippen LogP contribution in [0, 0.1) is 5.82 Å². The molecule has 0 amide bonds. The molecule has 3 heterocycles. The normalized spacial score (nSPS) is 17.9. The van der Waals surface area contributed by atoms with Crippen LogP contribution >= 0.6 is 0 Å². The van der Waals surface area contributed by atoms with E-state index >= 15 is 0 Å². The molecule has 2 aliphatic heterocycles. The predicted octanol–water partition coefficient (Wildman–Crippen LogP) is 2.12. The first-order valence-corrected chi connectivity index (χ1v) is 11.5. The smallest absolute Gasteiger partial charge is 0.243 e. The van der Waals surface area contributed by atoms with Gasteiger partial charge >= 0.3 is 0 Å². The maximum absolute atomic E-state index is 13.3. The summed E-state index contributed by atoms with van der Waals surface area (Å²) in [5.74, 6) is 0.495. The molecule has 0 aliphatic carbocycles. The molecule has 3 aromatic rings. The molecule has 1 saturated heterocycles. The lowest BCUT2D eigenvalue weighted by Crippen LogP contribution is -2.49. The summed E-state index contributed by atoms with van der Waals surface area (Å²) in [4.78, 5) is 6.85. The molecule has 2 aromatic carbocycles. The van der Waals surface area contributed by atoms with Crippen LogP contribution in [0.2, 0.25) is 0 Å². The van der Waals surface area contributed by atoms with Crippen LogP contribution in [-0.2, 0) is 23.0 Å². The number of benzene rings is 2. The Morgan fingerprint density at radius 2 is 1.87 bits per heavy atom. The monoisotopic (exact) mass is 430 g/mol. The molecule has 30 heavy (non-hydrogen) atoms. The molecule has 1 fully saturated rings. The second-order valence-corrected chi connectivity index (χ2v) is 9.62. The van der Waals surface area contributed by atoms with E-state index in [-0.39, 0.29) is 5.82 Å². The van der Waals surface area contributed by atoms with Crippen LogP contribution in [0.15, 0.2) is 47.6 Å². The number of hydrogen-bond acceptors (Lipinski definition) is 5. The van der Waals surface area contributed by atoms with E-state index in [9.17, 15) is 12.8 Å². The highest BCUT2D eigenvalue weighted by atomic mass is 32.2. The fourth-order valence-corrected chi connectivity index (χ4v) is 5.60. The number of aromatic nitrogens is 2. The zero-order chi connectivity index (χ0) is 20.7. The Morgan fingerprint density at radius 1 is 1.03 bits per heavy atom. The van der Waals surface area contributed by atoms with Crippen LogP contribution in [0.25, 0.3) is 11.0 Å². The highest BCUT2D eigenvalue weighted by Gasteiger charge is 2.29. The van der Waals surface area contributed by atoms with Crippen LogP contribution in [-0.4, -0.2) is 66.5 Å². The summed E-state index contributed by atoms with van der Waals surface area (Å²) in [6.07, 6.45) is 2.48. The number of halogens is 1. The molecule has 0 saturated carbocycles. The Morgan fingerprint density at radius 3 is 2.70 bits per heavy atom. The Labute approximate surface area is 174 Å². The number of sulfonamides is 1. The van der Waals surface area contributed by atoms with Crippen molar-refractivity contribution >= 4 is 21.1 Å². The van der Waals surface area contributed by atoms with Crippen LogP contribution in [0.1, 0.15) is 5.56 Å². The molecular formula is C21H23FN4O3S. The Hall–Kier alpha value is -2.49. The molecule has 2 aliphatic rings. The molecule has 0 atom stereocenters. The molecule has 0 radical (unpaired) electrons. The summed E-state index contributed by atoms with van der Waals surface area (Å²) in [5.41, 5.74) is 2.51. The van der Waals surface area contributed by atoms with Crippen molar-refractivity contribution in [2.45, 2.75) is 17.9 Å². The Bertz CT molecular complexity index is 1190. The van der Waals surface area contributed by atoms with Gasteiger partial charge in [-0.15, -0.1) is 0 Å². The van der Waals surface area contributed by atoms with E-state index in [0.717, 1.165) is 36.3 Å². The van der Waals surface area contributed by atoms with E-state index in [1.807, 2.05) is 4.57 Å². The number of nitrogens with zero attached hydrogens (tertiary/aromatic N) is 4. The van der Waals surface area contributed by atoms with Crippen molar-refractivity contribution < 1.29 is 17.5 Å². The first-order chi connectivity index (χ1) is 14.5. The van der Waals surface area contributed by atoms with Crippen LogP contribution in [0.3, 0.4) is 0 Å². The molecule has 0 unspecified atom stereocenters. The Kier molecular flexibility index (Phi) is 4.96. The fourth-order valence-electron chi connectivity index (χ4n) is 4.13. The van der Waals surface area contributed by atoms with Crippen molar-refractivity contribution in [2.75, 3.05) is 39.3 Å². The lowest BCUT2D eigenvalue weighted by Gasteiger charge is -2.34. The van der Waals surface area contributed by atoms with Crippen molar-refractivity contribution in [3.05, 3.63) is 54.1 Å². The minimum Gasteiger partial charge on any atom is -0.493 e. The van der Waals surface area contributed by atoms with Crippen molar-refractivity contribution in [1.82, 2.24) is 18.8 Å². The molecule has 9 heteroatoms. The highest BCUT2D eigenvalue weighted by molar-refractivity contribution is 7.89. The summed E-state index contributed by atoms with van der Waals surface area (Å²) < 4.78 is 48.4. The second kappa shape index (κ2) is 7.64. The number of fused-ring (bicyclic) bond motifs is 2. The van der Waals surface area contributed by atoms with E-state index in [4.69, 9.17) is 4.74 Å². The van der Waals surface area contributed by atoms with Gasteiger partial charge in [0.05, 0.1) is 28.9 Å². The molecule has 158 valence electrons. The standard InChI is InChI=1S/C21H23FN4O3S/c22-17-1-3-20-19(14-17)23-15-25(20)9-6-24-7-10-26(11-8-24)30(27,28)18-2-4-21-16(13-18)5-12-29-21/h1-4,13-15H,5-12H2. The molecule has 0 N–H and O–H groups in total. The van der Waals surface area contributed by atoms with Crippen molar-refractivity contribution in [3.8, 4) is 5.75 Å². The van der Waals surface area contributed by atoms with E-state index in [1.165, 1.54) is 12.1 Å². The van der Waals surface area contributed by atoms with Crippen LogP contribution < -0.4 is 4.74 Å². The summed E-state index contributed by atoms with van der Waals surface area (Å²) >= 11 is 0. The highest BCUT2D eigenvalue weighted by Crippen LogP contribution is 2.29. The zero-order valence-corrected chi connectivity index (χ0v) is 17.3. The van der Waals surface area contributed by atoms with Crippen molar-refractivity contribution in [1.29, 1.82) is 0 Å². The molecule has 0 spiro atoms. The van der Waals surface area contributed by atoms with Gasteiger partial charge in [0.2, 0.25) is 10.0 Å². The van der Waals surface area contributed by atoms with Gasteiger partial charge in [-0.2, -0.15) is 4.31 Å². The maximum atomic E-state index is 13.3. The molecular weight excluding hydrogens is 407 g/mol. The SMILES string of the molecule is O=S(=O)(c1ccc2c(c1)CCO2)N1CCN(CCn2cnc3cc(F)ccc32)CC1. The quantitative estimate of drug-likeness (QED) is 0.620. The number of ether oxygens (including phenoxy) is 1. The molecule has 5 rings (SSSR count).